The van der Waals surface area contributed by atoms with Crippen LogP contribution in [0.5, 0.6) is 0 Å². The average Bonchev–Trinajstić information content (AvgIpc) is 3.11. The Hall–Kier alpha value is -2.02. The second-order valence-corrected chi connectivity index (χ2v) is 6.53. The van der Waals surface area contributed by atoms with E-state index in [4.69, 9.17) is 5.10 Å². The van der Waals surface area contributed by atoms with Crippen LogP contribution in [0.25, 0.3) is 11.2 Å². The number of hydrogen-bond donors (Lipinski definition) is 1. The van der Waals surface area contributed by atoms with Gasteiger partial charge in [0.15, 0.2) is 5.65 Å². The van der Waals surface area contributed by atoms with Crippen LogP contribution >= 0.6 is 0 Å². The molecule has 1 aliphatic rings. The highest BCUT2D eigenvalue weighted by atomic mass is 16.1. The third kappa shape index (κ3) is 3.34. The Labute approximate surface area is 136 Å². The highest BCUT2D eigenvalue weighted by Gasteiger charge is 2.27. The van der Waals surface area contributed by atoms with Crippen LogP contribution in [0, 0.1) is 5.92 Å². The molecule has 2 aromatic heterocycles. The molecule has 1 saturated heterocycles. The molecule has 0 aliphatic carbocycles. The Bertz CT molecular complexity index is 695. The van der Waals surface area contributed by atoms with E-state index in [1.807, 2.05) is 18.5 Å². The molecule has 0 saturated carbocycles. The van der Waals surface area contributed by atoms with Crippen molar-refractivity contribution in [1.29, 1.82) is 0 Å². The Morgan fingerprint density at radius 2 is 2.17 bits per heavy atom. The summed E-state index contributed by atoms with van der Waals surface area (Å²) >= 11 is 0. The zero-order valence-corrected chi connectivity index (χ0v) is 14.0. The lowest BCUT2D eigenvalue weighted by Gasteiger charge is -2.08. The molecule has 0 radical (unpaired) electrons. The Balaban J connectivity index is 1.79. The van der Waals surface area contributed by atoms with Crippen molar-refractivity contribution in [1.82, 2.24) is 30.0 Å². The van der Waals surface area contributed by atoms with Crippen LogP contribution in [0.2, 0.25) is 0 Å². The molecule has 3 rings (SSSR count). The summed E-state index contributed by atoms with van der Waals surface area (Å²) in [7, 11) is 2.13. The maximum atomic E-state index is 11.7. The normalized spacial score (nSPS) is 18.9. The standard InChI is InChI=1S/C16H24N6O/c1-11(2)16(23)19-7-9-22-15-14(17-5-6-18-15)13(20-22)12-4-8-21(3)10-12/h5-6,11-12H,4,7-10H2,1-3H3,(H,19,23)/t12-/m1/s1. The first kappa shape index (κ1) is 15.9. The molecule has 1 aliphatic heterocycles. The maximum absolute atomic E-state index is 11.7. The van der Waals surface area contributed by atoms with Crippen molar-refractivity contribution in [2.45, 2.75) is 32.7 Å². The summed E-state index contributed by atoms with van der Waals surface area (Å²) in [4.78, 5) is 22.9. The molecule has 1 amide bonds. The maximum Gasteiger partial charge on any atom is 0.222 e. The van der Waals surface area contributed by atoms with Crippen molar-refractivity contribution in [2.24, 2.45) is 5.92 Å². The second-order valence-electron chi connectivity index (χ2n) is 6.53. The van der Waals surface area contributed by atoms with Crippen LogP contribution < -0.4 is 5.32 Å². The first-order chi connectivity index (χ1) is 11.1. The van der Waals surface area contributed by atoms with Gasteiger partial charge in [-0.2, -0.15) is 5.10 Å². The summed E-state index contributed by atoms with van der Waals surface area (Å²) < 4.78 is 1.87. The lowest BCUT2D eigenvalue weighted by molar-refractivity contribution is -0.124. The number of carbonyl (C=O) groups is 1. The molecule has 0 spiro atoms. The molecule has 1 atom stereocenters. The third-order valence-corrected chi connectivity index (χ3v) is 4.32. The van der Waals surface area contributed by atoms with Crippen LogP contribution in [-0.2, 0) is 11.3 Å². The van der Waals surface area contributed by atoms with Crippen molar-refractivity contribution >= 4 is 17.1 Å². The van der Waals surface area contributed by atoms with E-state index in [0.29, 0.717) is 19.0 Å². The summed E-state index contributed by atoms with van der Waals surface area (Å²) in [6, 6.07) is 0. The van der Waals surface area contributed by atoms with E-state index < -0.39 is 0 Å². The summed E-state index contributed by atoms with van der Waals surface area (Å²) in [6.07, 6.45) is 4.51. The molecule has 0 bridgehead atoms. The number of nitrogens with one attached hydrogen (secondary N) is 1. The number of likely N-dealkylation sites (tertiary alicyclic amines) is 1. The zero-order chi connectivity index (χ0) is 16.4. The monoisotopic (exact) mass is 316 g/mol. The molecular formula is C16H24N6O. The predicted octanol–water partition coefficient (Wildman–Crippen LogP) is 1.02. The van der Waals surface area contributed by atoms with Crippen molar-refractivity contribution in [3.05, 3.63) is 18.1 Å². The van der Waals surface area contributed by atoms with Crippen molar-refractivity contribution in [2.75, 3.05) is 26.7 Å². The molecule has 7 nitrogen and oxygen atoms in total. The smallest absolute Gasteiger partial charge is 0.222 e. The number of nitrogens with zero attached hydrogens (tertiary/aromatic N) is 5. The fourth-order valence-corrected chi connectivity index (χ4v) is 3.00. The van der Waals surface area contributed by atoms with Crippen LogP contribution in [0.1, 0.15) is 31.9 Å². The van der Waals surface area contributed by atoms with Gasteiger partial charge in [0.1, 0.15) is 5.52 Å². The number of rotatable bonds is 5. The van der Waals surface area contributed by atoms with Gasteiger partial charge < -0.3 is 10.2 Å². The first-order valence-electron chi connectivity index (χ1n) is 8.20. The lowest BCUT2D eigenvalue weighted by Crippen LogP contribution is -2.30. The predicted molar refractivity (Wildman–Crippen MR) is 88.0 cm³/mol. The molecule has 3 heterocycles. The molecule has 1 fully saturated rings. The highest BCUT2D eigenvalue weighted by Crippen LogP contribution is 2.29. The summed E-state index contributed by atoms with van der Waals surface area (Å²) in [5, 5.41) is 7.69. The fourth-order valence-electron chi connectivity index (χ4n) is 3.00. The minimum atomic E-state index is -0.00579. The van der Waals surface area contributed by atoms with Crippen LogP contribution in [0.15, 0.2) is 12.4 Å². The highest BCUT2D eigenvalue weighted by molar-refractivity contribution is 5.77. The van der Waals surface area contributed by atoms with Gasteiger partial charge in [0.25, 0.3) is 0 Å². The van der Waals surface area contributed by atoms with Crippen LogP contribution in [-0.4, -0.2) is 57.2 Å². The van der Waals surface area contributed by atoms with Crippen molar-refractivity contribution in [3.63, 3.8) is 0 Å². The molecule has 124 valence electrons. The van der Waals surface area contributed by atoms with Crippen LogP contribution in [0.4, 0.5) is 0 Å². The van der Waals surface area contributed by atoms with Gasteiger partial charge in [0.05, 0.1) is 12.2 Å². The molecule has 23 heavy (non-hydrogen) atoms. The Kier molecular flexibility index (Phi) is 4.56. The van der Waals surface area contributed by atoms with Gasteiger partial charge in [-0.05, 0) is 20.0 Å². The largest absolute Gasteiger partial charge is 0.354 e. The number of likely N-dealkylation sites (N-methyl/N-ethyl adjacent to an activating group) is 1. The number of aromatic nitrogens is 4. The molecule has 7 heteroatoms. The van der Waals surface area contributed by atoms with Gasteiger partial charge in [-0.25, -0.2) is 14.6 Å². The Morgan fingerprint density at radius 3 is 2.87 bits per heavy atom. The lowest BCUT2D eigenvalue weighted by atomic mass is 10.0. The van der Waals surface area contributed by atoms with Gasteiger partial charge in [-0.15, -0.1) is 0 Å². The quantitative estimate of drug-likeness (QED) is 0.891. The molecule has 1 N–H and O–H groups in total. The number of fused-ring (bicyclic) bond motifs is 1. The topological polar surface area (TPSA) is 75.9 Å². The molecule has 0 aromatic carbocycles. The average molecular weight is 316 g/mol. The zero-order valence-electron chi connectivity index (χ0n) is 14.0. The van der Waals surface area contributed by atoms with E-state index in [1.165, 1.54) is 0 Å². The molecular weight excluding hydrogens is 292 g/mol. The van der Waals surface area contributed by atoms with Crippen molar-refractivity contribution < 1.29 is 4.79 Å². The first-order valence-corrected chi connectivity index (χ1v) is 8.20. The van der Waals surface area contributed by atoms with Crippen molar-refractivity contribution in [3.8, 4) is 0 Å². The molecule has 2 aromatic rings. The van der Waals surface area contributed by atoms with Gasteiger partial charge in [-0.1, -0.05) is 13.8 Å². The van der Waals surface area contributed by atoms with E-state index in [1.54, 1.807) is 12.4 Å². The summed E-state index contributed by atoms with van der Waals surface area (Å²) in [5.41, 5.74) is 2.73. The van der Waals surface area contributed by atoms with Gasteiger partial charge in [0, 0.05) is 37.3 Å². The number of carbonyl (C=O) groups excluding carboxylic acids is 1. The SMILES string of the molecule is CC(C)C(=O)NCCn1nc([C@@H]2CCN(C)C2)c2nccnc21. The van der Waals surface area contributed by atoms with E-state index in [-0.39, 0.29) is 11.8 Å². The van der Waals surface area contributed by atoms with E-state index in [9.17, 15) is 4.79 Å². The van der Waals surface area contributed by atoms with E-state index >= 15 is 0 Å². The minimum Gasteiger partial charge on any atom is -0.354 e. The summed E-state index contributed by atoms with van der Waals surface area (Å²) in [5.74, 6) is 0.463. The fraction of sp³-hybridized carbons (Fsp3) is 0.625. The van der Waals surface area contributed by atoms with Crippen LogP contribution in [0.3, 0.4) is 0 Å². The van der Waals surface area contributed by atoms with E-state index in [0.717, 1.165) is 36.4 Å². The summed E-state index contributed by atoms with van der Waals surface area (Å²) in [6.45, 7) is 7.03. The van der Waals surface area contributed by atoms with E-state index in [2.05, 4.69) is 27.2 Å². The number of hydrogen-bond acceptors (Lipinski definition) is 5. The van der Waals surface area contributed by atoms with Gasteiger partial charge >= 0.3 is 0 Å². The second kappa shape index (κ2) is 6.62. The third-order valence-electron chi connectivity index (χ3n) is 4.32. The molecule has 0 unspecified atom stereocenters. The Morgan fingerprint density at radius 1 is 1.39 bits per heavy atom. The minimum absolute atomic E-state index is 0.00579. The van der Waals surface area contributed by atoms with Gasteiger partial charge in [-0.3, -0.25) is 4.79 Å². The van der Waals surface area contributed by atoms with Gasteiger partial charge in [0.2, 0.25) is 5.91 Å². The number of amides is 1.